The molecule has 0 amide bonds. The summed E-state index contributed by atoms with van der Waals surface area (Å²) < 4.78 is 39.7. The lowest BCUT2D eigenvalue weighted by atomic mass is 10.3. The van der Waals surface area contributed by atoms with Crippen molar-refractivity contribution in [2.45, 2.75) is 32.4 Å². The number of hydrogen-bond donors (Lipinski definition) is 1. The van der Waals surface area contributed by atoms with Crippen molar-refractivity contribution in [1.82, 2.24) is 5.32 Å². The average Bonchev–Trinajstić information content (AvgIpc) is 2.11. The fourth-order valence-electron chi connectivity index (χ4n) is 0.823. The van der Waals surface area contributed by atoms with Gasteiger partial charge in [0.1, 0.15) is 0 Å². The Balaban J connectivity index is 3.32. The van der Waals surface area contributed by atoms with Crippen LogP contribution in [0.15, 0.2) is 0 Å². The monoisotopic (exact) mass is 227 g/mol. The lowest BCUT2D eigenvalue weighted by Gasteiger charge is -2.07. The molecule has 1 N–H and O–H groups in total. The van der Waals surface area contributed by atoms with Gasteiger partial charge >= 0.3 is 12.1 Å². The SMILES string of the molecule is CCCCOC(=O)CCNCC(F)(F)F. The quantitative estimate of drug-likeness (QED) is 0.533. The molecular formula is C9H16F3NO2. The third-order valence-corrected chi connectivity index (χ3v) is 1.59. The van der Waals surface area contributed by atoms with E-state index in [0.29, 0.717) is 6.61 Å². The summed E-state index contributed by atoms with van der Waals surface area (Å²) in [5, 5.41) is 2.12. The molecule has 0 saturated heterocycles. The molecule has 0 heterocycles. The summed E-state index contributed by atoms with van der Waals surface area (Å²) >= 11 is 0. The minimum Gasteiger partial charge on any atom is -0.466 e. The number of unbranched alkanes of at least 4 members (excludes halogenated alkanes) is 1. The molecule has 0 atom stereocenters. The number of carbonyl (C=O) groups is 1. The number of halogens is 3. The Hall–Kier alpha value is -0.780. The summed E-state index contributed by atoms with van der Waals surface area (Å²) in [6, 6.07) is 0. The van der Waals surface area contributed by atoms with E-state index in [1.54, 1.807) is 0 Å². The number of ether oxygens (including phenoxy) is 1. The topological polar surface area (TPSA) is 38.3 Å². The second-order valence-corrected chi connectivity index (χ2v) is 3.12. The van der Waals surface area contributed by atoms with Crippen LogP contribution in [-0.4, -0.2) is 31.8 Å². The molecule has 0 rings (SSSR count). The highest BCUT2D eigenvalue weighted by Crippen LogP contribution is 2.11. The van der Waals surface area contributed by atoms with Crippen molar-refractivity contribution in [3.05, 3.63) is 0 Å². The van der Waals surface area contributed by atoms with Crippen LogP contribution in [0.4, 0.5) is 13.2 Å². The summed E-state index contributed by atoms with van der Waals surface area (Å²) in [4.78, 5) is 10.9. The Labute approximate surface area is 87.0 Å². The third-order valence-electron chi connectivity index (χ3n) is 1.59. The minimum absolute atomic E-state index is 0.00946. The number of carbonyl (C=O) groups excluding carboxylic acids is 1. The molecule has 3 nitrogen and oxygen atoms in total. The van der Waals surface area contributed by atoms with Crippen molar-refractivity contribution in [2.24, 2.45) is 0 Å². The Morgan fingerprint density at radius 3 is 2.60 bits per heavy atom. The molecule has 0 spiro atoms. The second kappa shape index (κ2) is 7.50. The van der Waals surface area contributed by atoms with Crippen LogP contribution in [0, 0.1) is 0 Å². The van der Waals surface area contributed by atoms with Crippen LogP contribution in [0.5, 0.6) is 0 Å². The molecule has 0 aliphatic heterocycles. The molecule has 0 aromatic heterocycles. The first-order valence-electron chi connectivity index (χ1n) is 4.89. The van der Waals surface area contributed by atoms with E-state index in [1.807, 2.05) is 6.92 Å². The lowest BCUT2D eigenvalue weighted by Crippen LogP contribution is -2.30. The zero-order chi connectivity index (χ0) is 11.7. The Morgan fingerprint density at radius 2 is 2.07 bits per heavy atom. The van der Waals surface area contributed by atoms with Gasteiger partial charge in [-0.1, -0.05) is 13.3 Å². The van der Waals surface area contributed by atoms with E-state index < -0.39 is 18.7 Å². The van der Waals surface area contributed by atoms with E-state index >= 15 is 0 Å². The van der Waals surface area contributed by atoms with Crippen LogP contribution in [0.25, 0.3) is 0 Å². The van der Waals surface area contributed by atoms with Gasteiger partial charge in [-0.15, -0.1) is 0 Å². The van der Waals surface area contributed by atoms with Gasteiger partial charge in [0.25, 0.3) is 0 Å². The number of alkyl halides is 3. The molecule has 0 aromatic carbocycles. The van der Waals surface area contributed by atoms with E-state index in [4.69, 9.17) is 4.74 Å². The van der Waals surface area contributed by atoms with Crippen LogP contribution >= 0.6 is 0 Å². The number of rotatable bonds is 7. The number of nitrogens with one attached hydrogen (secondary N) is 1. The van der Waals surface area contributed by atoms with Crippen molar-refractivity contribution in [3.8, 4) is 0 Å². The van der Waals surface area contributed by atoms with Gasteiger partial charge in [0.15, 0.2) is 0 Å². The van der Waals surface area contributed by atoms with E-state index in [9.17, 15) is 18.0 Å². The highest BCUT2D eigenvalue weighted by Gasteiger charge is 2.26. The van der Waals surface area contributed by atoms with E-state index in [0.717, 1.165) is 12.8 Å². The van der Waals surface area contributed by atoms with Crippen molar-refractivity contribution in [3.63, 3.8) is 0 Å². The maximum absolute atomic E-state index is 11.6. The molecule has 0 saturated carbocycles. The third kappa shape index (κ3) is 11.1. The van der Waals surface area contributed by atoms with Gasteiger partial charge in [-0.05, 0) is 6.42 Å². The Morgan fingerprint density at radius 1 is 1.40 bits per heavy atom. The van der Waals surface area contributed by atoms with Gasteiger partial charge in [0, 0.05) is 6.54 Å². The average molecular weight is 227 g/mol. The van der Waals surface area contributed by atoms with Crippen LogP contribution in [0.2, 0.25) is 0 Å². The minimum atomic E-state index is -4.23. The molecule has 0 bridgehead atoms. The van der Waals surface area contributed by atoms with Crippen molar-refractivity contribution < 1.29 is 22.7 Å². The van der Waals surface area contributed by atoms with Crippen molar-refractivity contribution in [1.29, 1.82) is 0 Å². The first kappa shape index (κ1) is 14.2. The first-order chi connectivity index (χ1) is 6.95. The fraction of sp³-hybridized carbons (Fsp3) is 0.889. The van der Waals surface area contributed by atoms with Gasteiger partial charge in [-0.3, -0.25) is 4.79 Å². The van der Waals surface area contributed by atoms with Gasteiger partial charge in [-0.2, -0.15) is 13.2 Å². The van der Waals surface area contributed by atoms with Crippen molar-refractivity contribution in [2.75, 3.05) is 19.7 Å². The summed E-state index contributed by atoms with van der Waals surface area (Å²) in [5.74, 6) is -0.460. The predicted molar refractivity (Wildman–Crippen MR) is 49.4 cm³/mol. The van der Waals surface area contributed by atoms with E-state index in [-0.39, 0.29) is 13.0 Å². The van der Waals surface area contributed by atoms with Crippen LogP contribution < -0.4 is 5.32 Å². The molecule has 6 heteroatoms. The second-order valence-electron chi connectivity index (χ2n) is 3.12. The molecule has 0 unspecified atom stereocenters. The lowest BCUT2D eigenvalue weighted by molar-refractivity contribution is -0.144. The van der Waals surface area contributed by atoms with Crippen LogP contribution in [0.3, 0.4) is 0 Å². The predicted octanol–water partition coefficient (Wildman–Crippen LogP) is 1.87. The number of esters is 1. The maximum Gasteiger partial charge on any atom is 0.401 e. The maximum atomic E-state index is 11.6. The molecule has 0 aliphatic carbocycles. The molecule has 0 radical (unpaired) electrons. The standard InChI is InChI=1S/C9H16F3NO2/c1-2-3-6-15-8(14)4-5-13-7-9(10,11)12/h13H,2-7H2,1H3. The zero-order valence-corrected chi connectivity index (χ0v) is 8.69. The van der Waals surface area contributed by atoms with Gasteiger partial charge in [0.05, 0.1) is 19.6 Å². The normalized spacial score (nSPS) is 11.5. The Bertz CT molecular complexity index is 183. The molecule has 0 aromatic rings. The summed E-state index contributed by atoms with van der Waals surface area (Å²) in [6.45, 7) is 1.22. The first-order valence-corrected chi connectivity index (χ1v) is 4.89. The van der Waals surface area contributed by atoms with Gasteiger partial charge in [0.2, 0.25) is 0 Å². The highest BCUT2D eigenvalue weighted by molar-refractivity contribution is 5.69. The van der Waals surface area contributed by atoms with Gasteiger partial charge < -0.3 is 10.1 Å². The molecular weight excluding hydrogens is 211 g/mol. The fourth-order valence-corrected chi connectivity index (χ4v) is 0.823. The zero-order valence-electron chi connectivity index (χ0n) is 8.69. The molecule has 0 aliphatic rings. The smallest absolute Gasteiger partial charge is 0.401 e. The molecule has 90 valence electrons. The Kier molecular flexibility index (Phi) is 7.11. The number of hydrogen-bond acceptors (Lipinski definition) is 3. The van der Waals surface area contributed by atoms with Crippen LogP contribution in [0.1, 0.15) is 26.2 Å². The molecule has 0 fully saturated rings. The van der Waals surface area contributed by atoms with Crippen molar-refractivity contribution >= 4 is 5.97 Å². The summed E-state index contributed by atoms with van der Waals surface area (Å²) in [5.41, 5.74) is 0. The van der Waals surface area contributed by atoms with Gasteiger partial charge in [-0.25, -0.2) is 0 Å². The summed E-state index contributed by atoms with van der Waals surface area (Å²) in [7, 11) is 0. The molecule has 15 heavy (non-hydrogen) atoms. The summed E-state index contributed by atoms with van der Waals surface area (Å²) in [6.07, 6.45) is -2.56. The van der Waals surface area contributed by atoms with E-state index in [1.165, 1.54) is 0 Å². The van der Waals surface area contributed by atoms with Crippen LogP contribution in [-0.2, 0) is 9.53 Å². The highest BCUT2D eigenvalue weighted by atomic mass is 19.4. The van der Waals surface area contributed by atoms with E-state index in [2.05, 4.69) is 5.32 Å². The largest absolute Gasteiger partial charge is 0.466 e.